The van der Waals surface area contributed by atoms with Crippen molar-refractivity contribution in [1.82, 2.24) is 9.88 Å². The van der Waals surface area contributed by atoms with Crippen LogP contribution in [0.2, 0.25) is 0 Å². The predicted molar refractivity (Wildman–Crippen MR) is 153 cm³/mol. The van der Waals surface area contributed by atoms with E-state index in [1.54, 1.807) is 12.1 Å². The number of fused-ring (bicyclic) bond motifs is 1. The van der Waals surface area contributed by atoms with Gasteiger partial charge < -0.3 is 33.3 Å². The molecule has 3 aromatic carbocycles. The highest BCUT2D eigenvalue weighted by Crippen LogP contribution is 2.45. The minimum Gasteiger partial charge on any atom is -0.493 e. The lowest BCUT2D eigenvalue weighted by Gasteiger charge is -2.19. The van der Waals surface area contributed by atoms with Gasteiger partial charge in [0.15, 0.2) is 17.2 Å². The second-order valence-electron chi connectivity index (χ2n) is 9.18. The van der Waals surface area contributed by atoms with Crippen molar-refractivity contribution in [2.45, 2.75) is 6.61 Å². The monoisotopic (exact) mass is 546 g/mol. The van der Waals surface area contributed by atoms with Gasteiger partial charge in [-0.15, -0.1) is 0 Å². The summed E-state index contributed by atoms with van der Waals surface area (Å²) in [5.74, 6) is 1.65. The van der Waals surface area contributed by atoms with E-state index in [0.29, 0.717) is 65.1 Å². The molecule has 40 heavy (non-hydrogen) atoms. The maximum Gasteiger partial charge on any atom is 0.357 e. The number of pyridine rings is 1. The Morgan fingerprint density at radius 2 is 1.52 bits per heavy atom. The van der Waals surface area contributed by atoms with Gasteiger partial charge in [0.1, 0.15) is 19.0 Å². The van der Waals surface area contributed by atoms with Gasteiger partial charge in [-0.3, -0.25) is 0 Å². The highest BCUT2D eigenvalue weighted by atomic mass is 16.5. The van der Waals surface area contributed by atoms with E-state index in [2.05, 4.69) is 4.98 Å². The molecule has 0 bridgehead atoms. The molecule has 0 N–H and O–H groups in total. The van der Waals surface area contributed by atoms with Gasteiger partial charge in [-0.1, -0.05) is 30.3 Å². The van der Waals surface area contributed by atoms with E-state index in [1.807, 2.05) is 67.5 Å². The quantitative estimate of drug-likeness (QED) is 0.222. The van der Waals surface area contributed by atoms with Crippen molar-refractivity contribution in [2.24, 2.45) is 0 Å². The minimum absolute atomic E-state index is 0.0991. The van der Waals surface area contributed by atoms with Crippen LogP contribution in [0.4, 0.5) is 0 Å². The summed E-state index contributed by atoms with van der Waals surface area (Å²) in [5.41, 5.74) is 2.31. The number of likely N-dealkylation sites (N-methyl/N-ethyl adjacent to an activating group) is 1. The van der Waals surface area contributed by atoms with Crippen LogP contribution in [0, 0.1) is 0 Å². The van der Waals surface area contributed by atoms with Crippen LogP contribution in [-0.4, -0.2) is 71.5 Å². The molecule has 0 fully saturated rings. The Bertz CT molecular complexity index is 1450. The standard InChI is InChI=1S/C31H34N2O7/c1-33(2)14-15-39-30-24-18-22(40-19-20-10-8-7-9-11-20)12-13-23(24)27(28(32-30)31(34)38-6)21-16-25(35-3)29(37-5)26(17-21)36-4/h7-13,16-18H,14-15,19H2,1-6H3. The van der Waals surface area contributed by atoms with Crippen LogP contribution >= 0.6 is 0 Å². The van der Waals surface area contributed by atoms with Gasteiger partial charge in [0, 0.05) is 17.5 Å². The number of methoxy groups -OCH3 is 4. The number of carbonyl (C=O) groups is 1. The zero-order valence-corrected chi connectivity index (χ0v) is 23.6. The van der Waals surface area contributed by atoms with Crippen molar-refractivity contribution < 1.29 is 33.2 Å². The van der Waals surface area contributed by atoms with Gasteiger partial charge in [0.25, 0.3) is 0 Å². The summed E-state index contributed by atoms with van der Waals surface area (Å²) >= 11 is 0. The molecule has 1 aromatic heterocycles. The highest BCUT2D eigenvalue weighted by Gasteiger charge is 2.25. The highest BCUT2D eigenvalue weighted by molar-refractivity contribution is 6.08. The van der Waals surface area contributed by atoms with Gasteiger partial charge in [0.05, 0.1) is 28.4 Å². The molecule has 9 heteroatoms. The number of esters is 1. The van der Waals surface area contributed by atoms with E-state index >= 15 is 0 Å². The average Bonchev–Trinajstić information content (AvgIpc) is 2.98. The lowest BCUT2D eigenvalue weighted by molar-refractivity contribution is 0.0594. The van der Waals surface area contributed by atoms with Crippen molar-refractivity contribution in [3.8, 4) is 40.0 Å². The summed E-state index contributed by atoms with van der Waals surface area (Å²) in [6, 6.07) is 19.1. The third-order valence-electron chi connectivity index (χ3n) is 6.30. The molecule has 9 nitrogen and oxygen atoms in total. The molecular formula is C31H34N2O7. The van der Waals surface area contributed by atoms with Gasteiger partial charge >= 0.3 is 5.97 Å². The molecule has 0 aliphatic heterocycles. The van der Waals surface area contributed by atoms with Gasteiger partial charge in [0.2, 0.25) is 11.6 Å². The van der Waals surface area contributed by atoms with Crippen LogP contribution in [0.5, 0.6) is 28.9 Å². The molecule has 0 amide bonds. The number of ether oxygens (including phenoxy) is 6. The molecule has 0 aliphatic carbocycles. The van der Waals surface area contributed by atoms with Crippen LogP contribution in [0.25, 0.3) is 21.9 Å². The molecule has 0 radical (unpaired) electrons. The lowest BCUT2D eigenvalue weighted by Crippen LogP contribution is -2.20. The summed E-state index contributed by atoms with van der Waals surface area (Å²) in [7, 11) is 9.84. The fourth-order valence-corrected chi connectivity index (χ4v) is 4.29. The minimum atomic E-state index is -0.604. The van der Waals surface area contributed by atoms with Crippen LogP contribution < -0.4 is 23.7 Å². The summed E-state index contributed by atoms with van der Waals surface area (Å²) in [6.07, 6.45) is 0. The largest absolute Gasteiger partial charge is 0.493 e. The first-order chi connectivity index (χ1) is 19.4. The number of rotatable bonds is 12. The van der Waals surface area contributed by atoms with E-state index in [-0.39, 0.29) is 5.69 Å². The maximum absolute atomic E-state index is 13.1. The number of hydrogen-bond acceptors (Lipinski definition) is 9. The molecule has 1 heterocycles. The van der Waals surface area contributed by atoms with E-state index < -0.39 is 5.97 Å². The van der Waals surface area contributed by atoms with E-state index in [1.165, 1.54) is 28.4 Å². The smallest absolute Gasteiger partial charge is 0.357 e. The Labute approximate surface area is 234 Å². The van der Waals surface area contributed by atoms with Crippen molar-refractivity contribution >= 4 is 16.7 Å². The Hall–Kier alpha value is -4.50. The number of nitrogens with zero attached hydrogens (tertiary/aromatic N) is 2. The molecule has 4 rings (SSSR count). The van der Waals surface area contributed by atoms with Gasteiger partial charge in [-0.2, -0.15) is 0 Å². The molecule has 0 saturated carbocycles. The zero-order valence-electron chi connectivity index (χ0n) is 23.6. The van der Waals surface area contributed by atoms with Crippen molar-refractivity contribution in [2.75, 3.05) is 55.7 Å². The third kappa shape index (κ3) is 6.21. The number of hydrogen-bond donors (Lipinski definition) is 0. The summed E-state index contributed by atoms with van der Waals surface area (Å²) in [5, 5.41) is 1.40. The van der Waals surface area contributed by atoms with Crippen LogP contribution in [0.3, 0.4) is 0 Å². The SMILES string of the molecule is COC(=O)c1nc(OCCN(C)C)c2cc(OCc3ccccc3)ccc2c1-c1cc(OC)c(OC)c(OC)c1. The molecule has 0 unspecified atom stereocenters. The Balaban J connectivity index is 1.92. The van der Waals surface area contributed by atoms with Crippen molar-refractivity contribution in [3.05, 3.63) is 71.9 Å². The lowest BCUT2D eigenvalue weighted by atomic mass is 9.96. The molecule has 0 atom stereocenters. The van der Waals surface area contributed by atoms with Crippen LogP contribution in [0.1, 0.15) is 16.1 Å². The van der Waals surface area contributed by atoms with E-state index in [4.69, 9.17) is 28.4 Å². The van der Waals surface area contributed by atoms with Gasteiger partial charge in [-0.25, -0.2) is 9.78 Å². The predicted octanol–water partition coefficient (Wildman–Crippen LogP) is 5.23. The fraction of sp³-hybridized carbons (Fsp3) is 0.290. The first kappa shape index (κ1) is 28.5. The van der Waals surface area contributed by atoms with E-state index in [0.717, 1.165) is 10.9 Å². The Morgan fingerprint density at radius 3 is 2.12 bits per heavy atom. The first-order valence-electron chi connectivity index (χ1n) is 12.7. The molecule has 0 spiro atoms. The molecular weight excluding hydrogens is 512 g/mol. The topological polar surface area (TPSA) is 88.6 Å². The van der Waals surface area contributed by atoms with Crippen LogP contribution in [0.15, 0.2) is 60.7 Å². The maximum atomic E-state index is 13.1. The number of aromatic nitrogens is 1. The summed E-state index contributed by atoms with van der Waals surface area (Å²) in [4.78, 5) is 19.8. The second kappa shape index (κ2) is 13.0. The molecule has 4 aromatic rings. The molecule has 0 saturated heterocycles. The summed E-state index contributed by atoms with van der Waals surface area (Å²) < 4.78 is 34.0. The normalized spacial score (nSPS) is 10.9. The Kier molecular flexibility index (Phi) is 9.29. The average molecular weight is 547 g/mol. The summed E-state index contributed by atoms with van der Waals surface area (Å²) in [6.45, 7) is 1.43. The molecule has 210 valence electrons. The molecule has 0 aliphatic rings. The second-order valence-corrected chi connectivity index (χ2v) is 9.18. The Morgan fingerprint density at radius 1 is 0.825 bits per heavy atom. The zero-order chi connectivity index (χ0) is 28.6. The fourth-order valence-electron chi connectivity index (χ4n) is 4.29. The van der Waals surface area contributed by atoms with Crippen molar-refractivity contribution in [1.29, 1.82) is 0 Å². The first-order valence-corrected chi connectivity index (χ1v) is 12.7. The van der Waals surface area contributed by atoms with Crippen LogP contribution in [-0.2, 0) is 11.3 Å². The third-order valence-corrected chi connectivity index (χ3v) is 6.30. The number of benzene rings is 3. The number of carbonyl (C=O) groups excluding carboxylic acids is 1. The van der Waals surface area contributed by atoms with E-state index in [9.17, 15) is 4.79 Å². The van der Waals surface area contributed by atoms with Gasteiger partial charge in [-0.05, 0) is 60.9 Å². The van der Waals surface area contributed by atoms with Crippen molar-refractivity contribution in [3.63, 3.8) is 0 Å².